The van der Waals surface area contributed by atoms with Crippen molar-refractivity contribution >= 4 is 11.6 Å². The molecule has 1 aromatic rings. The Labute approximate surface area is 82.1 Å². The van der Waals surface area contributed by atoms with Gasteiger partial charge in [-0.2, -0.15) is 0 Å². The molecular formula is C9H13ClNO2+. The highest BCUT2D eigenvalue weighted by Gasteiger charge is 2.03. The maximum Gasteiger partial charge on any atom is 0.136 e. The molecule has 0 aliphatic carbocycles. The minimum absolute atomic E-state index is 0.269. The highest BCUT2D eigenvalue weighted by atomic mass is 35.5. The Kier molecular flexibility index (Phi) is 4.02. The standard InChI is InChI=1S/C9H12ClNO2/c10-7-1-3-9(4-2-7)13-6-8(12)5-11/h1-4,8,12H,5-6,11H2/p+1/t8-/m0/s1. The molecule has 0 radical (unpaired) electrons. The zero-order valence-electron chi connectivity index (χ0n) is 7.24. The number of rotatable bonds is 4. The van der Waals surface area contributed by atoms with Gasteiger partial charge in [-0.3, -0.25) is 0 Å². The lowest BCUT2D eigenvalue weighted by atomic mass is 10.3. The van der Waals surface area contributed by atoms with Crippen molar-refractivity contribution in [2.45, 2.75) is 6.10 Å². The van der Waals surface area contributed by atoms with Gasteiger partial charge in [0.1, 0.15) is 25.0 Å². The van der Waals surface area contributed by atoms with Crippen LogP contribution in [0.1, 0.15) is 0 Å². The number of halogens is 1. The van der Waals surface area contributed by atoms with Crippen LogP contribution in [-0.2, 0) is 0 Å². The molecule has 72 valence electrons. The molecule has 13 heavy (non-hydrogen) atoms. The molecule has 0 heterocycles. The van der Waals surface area contributed by atoms with Gasteiger partial charge in [-0.1, -0.05) is 11.6 Å². The van der Waals surface area contributed by atoms with Crippen molar-refractivity contribution in [3.63, 3.8) is 0 Å². The molecule has 1 atom stereocenters. The van der Waals surface area contributed by atoms with E-state index < -0.39 is 6.10 Å². The number of aliphatic hydroxyl groups is 1. The summed E-state index contributed by atoms with van der Waals surface area (Å²) in [6, 6.07) is 7.01. The van der Waals surface area contributed by atoms with Crippen LogP contribution in [-0.4, -0.2) is 24.4 Å². The van der Waals surface area contributed by atoms with Crippen LogP contribution in [0.4, 0.5) is 0 Å². The Morgan fingerprint density at radius 1 is 1.38 bits per heavy atom. The van der Waals surface area contributed by atoms with Crippen molar-refractivity contribution in [3.05, 3.63) is 29.3 Å². The van der Waals surface area contributed by atoms with E-state index >= 15 is 0 Å². The van der Waals surface area contributed by atoms with Gasteiger partial charge in [-0.15, -0.1) is 0 Å². The second-order valence-electron chi connectivity index (χ2n) is 2.71. The molecule has 1 rings (SSSR count). The fourth-order valence-electron chi connectivity index (χ4n) is 0.807. The predicted molar refractivity (Wildman–Crippen MR) is 50.7 cm³/mol. The van der Waals surface area contributed by atoms with Crippen LogP contribution in [0.15, 0.2) is 24.3 Å². The summed E-state index contributed by atoms with van der Waals surface area (Å²) in [5.74, 6) is 0.705. The Bertz CT molecular complexity index is 250. The van der Waals surface area contributed by atoms with Gasteiger partial charge < -0.3 is 15.6 Å². The second kappa shape index (κ2) is 5.07. The summed E-state index contributed by atoms with van der Waals surface area (Å²) in [6.07, 6.45) is -0.504. The Hall–Kier alpha value is -0.770. The van der Waals surface area contributed by atoms with Gasteiger partial charge >= 0.3 is 0 Å². The summed E-state index contributed by atoms with van der Waals surface area (Å²) in [7, 11) is 0. The first-order valence-electron chi connectivity index (χ1n) is 4.08. The molecule has 1 aromatic carbocycles. The monoisotopic (exact) mass is 202 g/mol. The summed E-state index contributed by atoms with van der Waals surface area (Å²) in [4.78, 5) is 0. The van der Waals surface area contributed by atoms with Gasteiger partial charge in [0.05, 0.1) is 0 Å². The topological polar surface area (TPSA) is 57.1 Å². The van der Waals surface area contributed by atoms with E-state index in [0.29, 0.717) is 17.3 Å². The summed E-state index contributed by atoms with van der Waals surface area (Å²) < 4.78 is 5.27. The van der Waals surface area contributed by atoms with E-state index in [1.807, 2.05) is 0 Å². The lowest BCUT2D eigenvalue weighted by Gasteiger charge is -2.08. The maximum atomic E-state index is 9.16. The fraction of sp³-hybridized carbons (Fsp3) is 0.333. The second-order valence-corrected chi connectivity index (χ2v) is 3.14. The Morgan fingerprint density at radius 2 is 2.00 bits per heavy atom. The van der Waals surface area contributed by atoms with Gasteiger partial charge in [-0.05, 0) is 24.3 Å². The number of benzene rings is 1. The predicted octanol–water partition coefficient (Wildman–Crippen LogP) is 0.322. The molecule has 0 spiro atoms. The Balaban J connectivity index is 2.41. The van der Waals surface area contributed by atoms with Gasteiger partial charge in [-0.25, -0.2) is 0 Å². The van der Waals surface area contributed by atoms with E-state index in [4.69, 9.17) is 21.4 Å². The third kappa shape index (κ3) is 3.63. The molecule has 0 amide bonds. The minimum Gasteiger partial charge on any atom is -0.491 e. The van der Waals surface area contributed by atoms with Crippen molar-refractivity contribution < 1.29 is 15.6 Å². The molecule has 3 nitrogen and oxygen atoms in total. The summed E-state index contributed by atoms with van der Waals surface area (Å²) in [6.45, 7) is 0.721. The van der Waals surface area contributed by atoms with E-state index in [-0.39, 0.29) is 6.61 Å². The molecule has 0 fully saturated rings. The summed E-state index contributed by atoms with van der Waals surface area (Å²) >= 11 is 5.69. The van der Waals surface area contributed by atoms with E-state index in [1.54, 1.807) is 24.3 Å². The van der Waals surface area contributed by atoms with Crippen molar-refractivity contribution in [1.29, 1.82) is 0 Å². The van der Waals surface area contributed by atoms with Gasteiger partial charge in [0.2, 0.25) is 0 Å². The third-order valence-corrected chi connectivity index (χ3v) is 1.84. The summed E-state index contributed by atoms with van der Waals surface area (Å²) in [5, 5.41) is 9.83. The average Bonchev–Trinajstić information content (AvgIpc) is 2.16. The highest BCUT2D eigenvalue weighted by molar-refractivity contribution is 6.30. The van der Waals surface area contributed by atoms with Crippen LogP contribution in [0.2, 0.25) is 5.02 Å². The molecule has 0 aliphatic heterocycles. The van der Waals surface area contributed by atoms with Crippen LogP contribution >= 0.6 is 11.6 Å². The van der Waals surface area contributed by atoms with Gasteiger partial charge in [0, 0.05) is 5.02 Å². The highest BCUT2D eigenvalue weighted by Crippen LogP contribution is 2.15. The van der Waals surface area contributed by atoms with Crippen LogP contribution in [0.5, 0.6) is 5.75 Å². The van der Waals surface area contributed by atoms with Crippen LogP contribution in [0.3, 0.4) is 0 Å². The number of hydrogen-bond donors (Lipinski definition) is 2. The van der Waals surface area contributed by atoms with Crippen molar-refractivity contribution in [2.75, 3.05) is 13.2 Å². The maximum absolute atomic E-state index is 9.16. The molecule has 0 unspecified atom stereocenters. The molecule has 0 aliphatic rings. The largest absolute Gasteiger partial charge is 0.491 e. The quantitative estimate of drug-likeness (QED) is 0.739. The third-order valence-electron chi connectivity index (χ3n) is 1.59. The van der Waals surface area contributed by atoms with Gasteiger partial charge in [0.25, 0.3) is 0 Å². The fourth-order valence-corrected chi connectivity index (χ4v) is 0.933. The molecular weight excluding hydrogens is 190 g/mol. The Morgan fingerprint density at radius 3 is 2.54 bits per heavy atom. The lowest BCUT2D eigenvalue weighted by molar-refractivity contribution is -0.384. The zero-order chi connectivity index (χ0) is 9.68. The smallest absolute Gasteiger partial charge is 0.136 e. The van der Waals surface area contributed by atoms with E-state index in [1.165, 1.54) is 0 Å². The van der Waals surface area contributed by atoms with Gasteiger partial charge in [0.15, 0.2) is 0 Å². The molecule has 4 heteroatoms. The van der Waals surface area contributed by atoms with Crippen LogP contribution in [0.25, 0.3) is 0 Å². The van der Waals surface area contributed by atoms with Crippen molar-refractivity contribution in [2.24, 2.45) is 0 Å². The first-order valence-corrected chi connectivity index (χ1v) is 4.46. The van der Waals surface area contributed by atoms with E-state index in [9.17, 15) is 0 Å². The first-order chi connectivity index (χ1) is 6.22. The number of aliphatic hydroxyl groups excluding tert-OH is 1. The van der Waals surface area contributed by atoms with E-state index in [0.717, 1.165) is 0 Å². The number of ether oxygens (including phenoxy) is 1. The number of hydrogen-bond acceptors (Lipinski definition) is 2. The molecule has 0 bridgehead atoms. The minimum atomic E-state index is -0.504. The molecule has 0 saturated carbocycles. The zero-order valence-corrected chi connectivity index (χ0v) is 8.00. The SMILES string of the molecule is [NH3+]C[C@H](O)COc1ccc(Cl)cc1. The lowest BCUT2D eigenvalue weighted by Crippen LogP contribution is -2.56. The molecule has 0 aromatic heterocycles. The van der Waals surface area contributed by atoms with Crippen LogP contribution < -0.4 is 10.5 Å². The van der Waals surface area contributed by atoms with Crippen molar-refractivity contribution in [3.8, 4) is 5.75 Å². The molecule has 0 saturated heterocycles. The van der Waals surface area contributed by atoms with E-state index in [2.05, 4.69) is 5.73 Å². The average molecular weight is 203 g/mol. The normalized spacial score (nSPS) is 12.5. The van der Waals surface area contributed by atoms with Crippen molar-refractivity contribution in [1.82, 2.24) is 0 Å². The first kappa shape index (κ1) is 10.3. The van der Waals surface area contributed by atoms with Crippen LogP contribution in [0, 0.1) is 0 Å². The summed E-state index contributed by atoms with van der Waals surface area (Å²) in [5.41, 5.74) is 3.56. The molecule has 4 N–H and O–H groups in total. The number of quaternary nitrogens is 1.